The Kier molecular flexibility index (Phi) is 2.64. The van der Waals surface area contributed by atoms with Crippen LogP contribution in [0.3, 0.4) is 0 Å². The molecule has 0 spiro atoms. The second kappa shape index (κ2) is 3.79. The predicted molar refractivity (Wildman–Crippen MR) is 55.3 cm³/mol. The minimum Gasteiger partial charge on any atom is -0.508 e. The molecule has 1 fully saturated rings. The molecule has 0 radical (unpaired) electrons. The van der Waals surface area contributed by atoms with E-state index in [2.05, 4.69) is 0 Å². The molecule has 98 valence electrons. The van der Waals surface area contributed by atoms with E-state index in [0.29, 0.717) is 0 Å². The maximum atomic E-state index is 12.6. The fourth-order valence-electron chi connectivity index (χ4n) is 1.59. The van der Waals surface area contributed by atoms with Gasteiger partial charge in [0.15, 0.2) is 0 Å². The normalized spacial score (nSPS) is 17.3. The monoisotopic (exact) mass is 261 g/mol. The third-order valence-electron chi connectivity index (χ3n) is 2.87. The molecule has 7 heteroatoms. The molecule has 4 nitrogen and oxygen atoms in total. The van der Waals surface area contributed by atoms with Crippen LogP contribution in [-0.4, -0.2) is 27.8 Å². The summed E-state index contributed by atoms with van der Waals surface area (Å²) in [6.07, 6.45) is -4.88. The summed E-state index contributed by atoms with van der Waals surface area (Å²) in [4.78, 5) is 11.6. The maximum Gasteiger partial charge on any atom is 0.411 e. The Morgan fingerprint density at radius 1 is 1.28 bits per heavy atom. The molecule has 1 aliphatic carbocycles. The fourth-order valence-corrected chi connectivity index (χ4v) is 1.59. The number of amides is 1. The molecule has 0 heterocycles. The lowest BCUT2D eigenvalue weighted by molar-refractivity contribution is -0.163. The second-order valence-electron chi connectivity index (χ2n) is 4.24. The molecule has 0 unspecified atom stereocenters. The number of phenolic OH excluding ortho intramolecular Hbond substituents is 2. The fraction of sp³-hybridized carbons (Fsp3) is 0.364. The molecule has 0 saturated heterocycles. The predicted octanol–water partition coefficient (Wildman–Crippen LogP) is 1.92. The van der Waals surface area contributed by atoms with Crippen molar-refractivity contribution in [2.45, 2.75) is 24.6 Å². The van der Waals surface area contributed by atoms with Gasteiger partial charge < -0.3 is 15.5 Å². The van der Waals surface area contributed by atoms with Crippen LogP contribution in [0.2, 0.25) is 0 Å². The van der Waals surface area contributed by atoms with Gasteiger partial charge in [0, 0.05) is 0 Å². The van der Waals surface area contributed by atoms with Gasteiger partial charge >= 0.3 is 6.18 Å². The van der Waals surface area contributed by atoms with Crippen molar-refractivity contribution in [2.75, 3.05) is 0 Å². The second-order valence-corrected chi connectivity index (χ2v) is 4.24. The first-order chi connectivity index (χ1) is 8.25. The van der Waals surface area contributed by atoms with Crippen LogP contribution in [-0.2, 0) is 0 Å². The Balaban J connectivity index is 2.21. The van der Waals surface area contributed by atoms with Crippen molar-refractivity contribution in [3.8, 4) is 11.5 Å². The van der Waals surface area contributed by atoms with Crippen molar-refractivity contribution >= 4 is 5.91 Å². The minimum absolute atomic E-state index is 0.179. The largest absolute Gasteiger partial charge is 0.508 e. The van der Waals surface area contributed by atoms with Crippen LogP contribution in [0.1, 0.15) is 23.2 Å². The van der Waals surface area contributed by atoms with E-state index >= 15 is 0 Å². The molecular weight excluding hydrogens is 251 g/mol. The zero-order chi connectivity index (χ0) is 13.6. The van der Waals surface area contributed by atoms with E-state index in [1.165, 1.54) is 0 Å². The van der Waals surface area contributed by atoms with Gasteiger partial charge in [0.05, 0.1) is 5.56 Å². The first-order valence-corrected chi connectivity index (χ1v) is 5.16. The summed E-state index contributed by atoms with van der Waals surface area (Å²) in [7, 11) is 0. The molecule has 2 rings (SSSR count). The van der Waals surface area contributed by atoms with E-state index in [0.717, 1.165) is 18.2 Å². The summed E-state index contributed by atoms with van der Waals surface area (Å²) in [6.45, 7) is 0. The molecule has 1 aliphatic rings. The van der Waals surface area contributed by atoms with Crippen molar-refractivity contribution in [3.05, 3.63) is 23.8 Å². The summed E-state index contributed by atoms with van der Waals surface area (Å²) in [6, 6.07) is 3.08. The number of rotatable bonds is 2. The molecule has 1 aromatic carbocycles. The molecule has 1 aromatic rings. The van der Waals surface area contributed by atoms with Crippen LogP contribution >= 0.6 is 0 Å². The Morgan fingerprint density at radius 3 is 2.39 bits per heavy atom. The lowest BCUT2D eigenvalue weighted by atomic mass is 10.1. The van der Waals surface area contributed by atoms with E-state index in [9.17, 15) is 23.1 Å². The van der Waals surface area contributed by atoms with Gasteiger partial charge in [0.2, 0.25) is 0 Å². The van der Waals surface area contributed by atoms with Gasteiger partial charge in [-0.25, -0.2) is 0 Å². The van der Waals surface area contributed by atoms with Crippen LogP contribution < -0.4 is 5.32 Å². The highest BCUT2D eigenvalue weighted by molar-refractivity contribution is 5.98. The van der Waals surface area contributed by atoms with Crippen LogP contribution in [0.4, 0.5) is 13.2 Å². The molecule has 0 aromatic heterocycles. The third-order valence-corrected chi connectivity index (χ3v) is 2.87. The van der Waals surface area contributed by atoms with Gasteiger partial charge in [-0.2, -0.15) is 13.2 Å². The number of nitrogens with one attached hydrogen (secondary N) is 1. The van der Waals surface area contributed by atoms with E-state index in [4.69, 9.17) is 5.11 Å². The van der Waals surface area contributed by atoms with Crippen molar-refractivity contribution < 1.29 is 28.2 Å². The van der Waals surface area contributed by atoms with Crippen molar-refractivity contribution in [2.24, 2.45) is 0 Å². The number of carbonyl (C=O) groups is 1. The van der Waals surface area contributed by atoms with Crippen LogP contribution in [0.15, 0.2) is 18.2 Å². The highest BCUT2D eigenvalue weighted by atomic mass is 19.4. The Hall–Kier alpha value is -1.92. The Labute approximate surface area is 100 Å². The maximum absolute atomic E-state index is 12.6. The standard InChI is InChI=1S/C11H10F3NO3/c12-11(13,14)10(3-4-10)15-9(18)7-5-6(16)1-2-8(7)17/h1-2,5,16-17H,3-4H2,(H,15,18). The number of carbonyl (C=O) groups excluding carboxylic acids is 1. The van der Waals surface area contributed by atoms with Gasteiger partial charge in [-0.1, -0.05) is 0 Å². The highest BCUT2D eigenvalue weighted by Crippen LogP contribution is 2.49. The minimum atomic E-state index is -4.52. The molecule has 1 saturated carbocycles. The first kappa shape index (κ1) is 12.5. The van der Waals surface area contributed by atoms with Crippen molar-refractivity contribution in [3.63, 3.8) is 0 Å². The van der Waals surface area contributed by atoms with E-state index in [-0.39, 0.29) is 24.2 Å². The number of alkyl halides is 3. The summed E-state index contributed by atoms with van der Waals surface area (Å²) in [5, 5.41) is 20.4. The molecular formula is C11H10F3NO3. The van der Waals surface area contributed by atoms with Gasteiger partial charge in [-0.3, -0.25) is 4.79 Å². The zero-order valence-electron chi connectivity index (χ0n) is 9.08. The van der Waals surface area contributed by atoms with E-state index < -0.39 is 23.4 Å². The quantitative estimate of drug-likeness (QED) is 0.712. The number of phenols is 2. The topological polar surface area (TPSA) is 69.6 Å². The highest BCUT2D eigenvalue weighted by Gasteiger charge is 2.64. The Morgan fingerprint density at radius 2 is 1.89 bits per heavy atom. The van der Waals surface area contributed by atoms with Crippen LogP contribution in [0.25, 0.3) is 0 Å². The number of aromatic hydroxyl groups is 2. The molecule has 0 bridgehead atoms. The average Bonchev–Trinajstić information content (AvgIpc) is 3.01. The number of hydrogen-bond donors (Lipinski definition) is 3. The van der Waals surface area contributed by atoms with Gasteiger partial charge in [0.1, 0.15) is 17.0 Å². The lowest BCUT2D eigenvalue weighted by Crippen LogP contribution is -2.47. The number of hydrogen-bond acceptors (Lipinski definition) is 3. The van der Waals surface area contributed by atoms with Crippen LogP contribution in [0.5, 0.6) is 11.5 Å². The smallest absolute Gasteiger partial charge is 0.411 e. The van der Waals surface area contributed by atoms with E-state index in [1.54, 1.807) is 0 Å². The molecule has 0 aliphatic heterocycles. The molecule has 18 heavy (non-hydrogen) atoms. The third kappa shape index (κ3) is 2.07. The van der Waals surface area contributed by atoms with Gasteiger partial charge in [-0.15, -0.1) is 0 Å². The zero-order valence-corrected chi connectivity index (χ0v) is 9.08. The summed E-state index contributed by atoms with van der Waals surface area (Å²) >= 11 is 0. The van der Waals surface area contributed by atoms with Crippen molar-refractivity contribution in [1.82, 2.24) is 5.32 Å². The Bertz CT molecular complexity index is 495. The molecule has 1 amide bonds. The summed E-state index contributed by atoms with van der Waals surface area (Å²) < 4.78 is 37.9. The molecule has 0 atom stereocenters. The summed E-state index contributed by atoms with van der Waals surface area (Å²) in [5.41, 5.74) is -2.58. The summed E-state index contributed by atoms with van der Waals surface area (Å²) in [5.74, 6) is -1.85. The SMILES string of the molecule is O=C(NC1(C(F)(F)F)CC1)c1cc(O)ccc1O. The van der Waals surface area contributed by atoms with Gasteiger partial charge in [0.25, 0.3) is 5.91 Å². The van der Waals surface area contributed by atoms with Gasteiger partial charge in [-0.05, 0) is 31.0 Å². The first-order valence-electron chi connectivity index (χ1n) is 5.16. The average molecular weight is 261 g/mol. The number of benzene rings is 1. The van der Waals surface area contributed by atoms with Crippen LogP contribution in [0, 0.1) is 0 Å². The lowest BCUT2D eigenvalue weighted by Gasteiger charge is -2.20. The van der Waals surface area contributed by atoms with Crippen molar-refractivity contribution in [1.29, 1.82) is 0 Å². The number of halogens is 3. The molecule has 3 N–H and O–H groups in total. The van der Waals surface area contributed by atoms with E-state index in [1.807, 2.05) is 5.32 Å².